The van der Waals surface area contributed by atoms with Crippen molar-refractivity contribution in [1.29, 1.82) is 0 Å². The number of carbonyl (C=O) groups is 1. The molecule has 0 saturated carbocycles. The number of likely N-dealkylation sites (tertiary alicyclic amines) is 1. The van der Waals surface area contributed by atoms with Crippen molar-refractivity contribution in [1.82, 2.24) is 4.90 Å². The lowest BCUT2D eigenvalue weighted by molar-refractivity contribution is -0.126. The van der Waals surface area contributed by atoms with E-state index in [0.717, 1.165) is 36.3 Å². The number of amides is 1. The maximum absolute atomic E-state index is 12.8. The van der Waals surface area contributed by atoms with Crippen molar-refractivity contribution in [2.24, 2.45) is 0 Å². The molecule has 1 atom stereocenters. The molecule has 2 heterocycles. The van der Waals surface area contributed by atoms with Gasteiger partial charge in [-0.3, -0.25) is 4.79 Å². The number of benzene rings is 2. The summed E-state index contributed by atoms with van der Waals surface area (Å²) in [5, 5.41) is 0.482. The van der Waals surface area contributed by atoms with Crippen LogP contribution in [-0.4, -0.2) is 30.8 Å². The normalized spacial score (nSPS) is 18.1. The Balaban J connectivity index is 1.48. The molecule has 1 saturated heterocycles. The van der Waals surface area contributed by atoms with Crippen molar-refractivity contribution in [3.05, 3.63) is 58.6 Å². The van der Waals surface area contributed by atoms with E-state index in [1.807, 2.05) is 42.2 Å². The molecular formula is C22H22ClNO4. The standard InChI is InChI=1S/C22H22ClNO4/c1-2-26-17-8-6-16(7-9-17)19-4-3-11-24(19)21(25)10-5-15-12-18(23)22-20(13-15)27-14-28-22/h5-10,12-13,19H,2-4,11,14H2,1H3/b10-5+. The van der Waals surface area contributed by atoms with Gasteiger partial charge in [-0.1, -0.05) is 23.7 Å². The van der Waals surface area contributed by atoms with Crippen LogP contribution in [0.1, 0.15) is 36.9 Å². The molecule has 0 N–H and O–H groups in total. The SMILES string of the molecule is CCOc1ccc(C2CCCN2C(=O)/C=C/c2cc(Cl)c3c(c2)OCO3)cc1. The zero-order valence-electron chi connectivity index (χ0n) is 15.7. The lowest BCUT2D eigenvalue weighted by Crippen LogP contribution is -2.28. The van der Waals surface area contributed by atoms with Crippen LogP contribution in [-0.2, 0) is 4.79 Å². The average Bonchev–Trinajstić information content (AvgIpc) is 3.37. The van der Waals surface area contributed by atoms with E-state index in [1.165, 1.54) is 0 Å². The molecule has 0 aliphatic carbocycles. The second-order valence-electron chi connectivity index (χ2n) is 6.76. The zero-order chi connectivity index (χ0) is 19.5. The smallest absolute Gasteiger partial charge is 0.247 e. The Kier molecular flexibility index (Phi) is 5.44. The van der Waals surface area contributed by atoms with Crippen LogP contribution in [0.15, 0.2) is 42.5 Å². The Hall–Kier alpha value is -2.66. The third kappa shape index (κ3) is 3.80. The first-order chi connectivity index (χ1) is 13.7. The van der Waals surface area contributed by atoms with Crippen molar-refractivity contribution in [2.75, 3.05) is 19.9 Å². The summed E-state index contributed by atoms with van der Waals surface area (Å²) in [7, 11) is 0. The zero-order valence-corrected chi connectivity index (χ0v) is 16.4. The molecule has 28 heavy (non-hydrogen) atoms. The van der Waals surface area contributed by atoms with Crippen LogP contribution < -0.4 is 14.2 Å². The van der Waals surface area contributed by atoms with Crippen molar-refractivity contribution < 1.29 is 19.0 Å². The lowest BCUT2D eigenvalue weighted by Gasteiger charge is -2.24. The van der Waals surface area contributed by atoms with Crippen LogP contribution in [0.4, 0.5) is 0 Å². The summed E-state index contributed by atoms with van der Waals surface area (Å²) in [5.41, 5.74) is 1.94. The molecule has 2 aliphatic rings. The van der Waals surface area contributed by atoms with E-state index in [1.54, 1.807) is 18.2 Å². The van der Waals surface area contributed by atoms with E-state index in [-0.39, 0.29) is 18.7 Å². The van der Waals surface area contributed by atoms with Gasteiger partial charge >= 0.3 is 0 Å². The molecule has 0 bridgehead atoms. The van der Waals surface area contributed by atoms with Crippen LogP contribution >= 0.6 is 11.6 Å². The summed E-state index contributed by atoms with van der Waals surface area (Å²) in [6.07, 6.45) is 5.32. The summed E-state index contributed by atoms with van der Waals surface area (Å²) < 4.78 is 16.2. The number of nitrogens with zero attached hydrogens (tertiary/aromatic N) is 1. The number of halogens is 1. The third-order valence-electron chi connectivity index (χ3n) is 4.98. The summed E-state index contributed by atoms with van der Waals surface area (Å²) in [6, 6.07) is 11.7. The Morgan fingerprint density at radius 1 is 1.29 bits per heavy atom. The Morgan fingerprint density at radius 3 is 2.89 bits per heavy atom. The number of fused-ring (bicyclic) bond motifs is 1. The molecule has 6 heteroatoms. The van der Waals surface area contributed by atoms with Gasteiger partial charge in [-0.15, -0.1) is 0 Å². The molecule has 1 unspecified atom stereocenters. The highest BCUT2D eigenvalue weighted by Gasteiger charge is 2.28. The van der Waals surface area contributed by atoms with E-state index >= 15 is 0 Å². The predicted octanol–water partition coefficient (Wildman–Crippen LogP) is 4.84. The molecule has 5 nitrogen and oxygen atoms in total. The van der Waals surface area contributed by atoms with Crippen molar-refractivity contribution in [3.8, 4) is 17.2 Å². The van der Waals surface area contributed by atoms with Crippen molar-refractivity contribution in [3.63, 3.8) is 0 Å². The summed E-state index contributed by atoms with van der Waals surface area (Å²) in [4.78, 5) is 14.7. The maximum Gasteiger partial charge on any atom is 0.247 e. The van der Waals surface area contributed by atoms with Gasteiger partial charge < -0.3 is 19.1 Å². The van der Waals surface area contributed by atoms with Crippen LogP contribution in [0.25, 0.3) is 6.08 Å². The maximum atomic E-state index is 12.8. The summed E-state index contributed by atoms with van der Waals surface area (Å²) in [5.74, 6) is 2.00. The number of ether oxygens (including phenoxy) is 3. The molecular weight excluding hydrogens is 378 g/mol. The Labute approximate surface area is 169 Å². The van der Waals surface area contributed by atoms with E-state index in [4.69, 9.17) is 25.8 Å². The average molecular weight is 400 g/mol. The van der Waals surface area contributed by atoms with Gasteiger partial charge in [-0.05, 0) is 61.2 Å². The van der Waals surface area contributed by atoms with Gasteiger partial charge in [0.25, 0.3) is 0 Å². The van der Waals surface area contributed by atoms with Gasteiger partial charge in [0, 0.05) is 12.6 Å². The minimum absolute atomic E-state index is 0.00910. The number of rotatable bonds is 5. The van der Waals surface area contributed by atoms with E-state index in [2.05, 4.69) is 0 Å². The molecule has 2 aliphatic heterocycles. The highest BCUT2D eigenvalue weighted by Crippen LogP contribution is 2.40. The van der Waals surface area contributed by atoms with Gasteiger partial charge in [0.2, 0.25) is 12.7 Å². The fraction of sp³-hybridized carbons (Fsp3) is 0.318. The van der Waals surface area contributed by atoms with Crippen LogP contribution in [0.5, 0.6) is 17.2 Å². The Bertz CT molecular complexity index is 894. The highest BCUT2D eigenvalue weighted by atomic mass is 35.5. The Morgan fingerprint density at radius 2 is 2.11 bits per heavy atom. The second-order valence-corrected chi connectivity index (χ2v) is 7.17. The van der Waals surface area contributed by atoms with Crippen LogP contribution in [0.3, 0.4) is 0 Å². The fourth-order valence-corrected chi connectivity index (χ4v) is 3.95. The molecule has 4 rings (SSSR count). The number of hydrogen-bond donors (Lipinski definition) is 0. The molecule has 1 amide bonds. The van der Waals surface area contributed by atoms with E-state index in [9.17, 15) is 4.79 Å². The summed E-state index contributed by atoms with van der Waals surface area (Å²) in [6.45, 7) is 3.52. The third-order valence-corrected chi connectivity index (χ3v) is 5.26. The van der Waals surface area contributed by atoms with Gasteiger partial charge in [-0.2, -0.15) is 0 Å². The molecule has 2 aromatic rings. The number of hydrogen-bond acceptors (Lipinski definition) is 4. The first-order valence-corrected chi connectivity index (χ1v) is 9.84. The predicted molar refractivity (Wildman–Crippen MR) is 108 cm³/mol. The van der Waals surface area contributed by atoms with Gasteiger partial charge in [0.05, 0.1) is 17.7 Å². The lowest BCUT2D eigenvalue weighted by atomic mass is 10.0. The second kappa shape index (κ2) is 8.15. The molecule has 1 fully saturated rings. The molecule has 2 aromatic carbocycles. The van der Waals surface area contributed by atoms with Gasteiger partial charge in [0.15, 0.2) is 11.5 Å². The van der Waals surface area contributed by atoms with Crippen molar-refractivity contribution >= 4 is 23.6 Å². The number of carbonyl (C=O) groups excluding carboxylic acids is 1. The fourth-order valence-electron chi connectivity index (χ4n) is 3.68. The molecule has 146 valence electrons. The summed E-state index contributed by atoms with van der Waals surface area (Å²) >= 11 is 6.21. The molecule has 0 aromatic heterocycles. The first-order valence-electron chi connectivity index (χ1n) is 9.46. The van der Waals surface area contributed by atoms with Gasteiger partial charge in [0.1, 0.15) is 5.75 Å². The first kappa shape index (κ1) is 18.7. The van der Waals surface area contributed by atoms with Crippen LogP contribution in [0, 0.1) is 0 Å². The van der Waals surface area contributed by atoms with E-state index in [0.29, 0.717) is 23.1 Å². The topological polar surface area (TPSA) is 48.0 Å². The molecule has 0 radical (unpaired) electrons. The monoisotopic (exact) mass is 399 g/mol. The molecule has 0 spiro atoms. The minimum atomic E-state index is -0.00910. The quantitative estimate of drug-likeness (QED) is 0.675. The van der Waals surface area contributed by atoms with Crippen molar-refractivity contribution in [2.45, 2.75) is 25.8 Å². The van der Waals surface area contributed by atoms with Crippen LogP contribution in [0.2, 0.25) is 5.02 Å². The minimum Gasteiger partial charge on any atom is -0.494 e. The largest absolute Gasteiger partial charge is 0.494 e. The van der Waals surface area contributed by atoms with E-state index < -0.39 is 0 Å². The highest BCUT2D eigenvalue weighted by molar-refractivity contribution is 6.32. The van der Waals surface area contributed by atoms with Gasteiger partial charge in [-0.25, -0.2) is 0 Å².